The Morgan fingerprint density at radius 2 is 1.89 bits per heavy atom. The lowest BCUT2D eigenvalue weighted by Gasteiger charge is -2.36. The Morgan fingerprint density at radius 1 is 1.19 bits per heavy atom. The van der Waals surface area contributed by atoms with E-state index < -0.39 is 30.7 Å². The molecule has 1 aliphatic rings. The van der Waals surface area contributed by atoms with E-state index in [1.54, 1.807) is 17.9 Å². The Labute approximate surface area is 219 Å². The predicted molar refractivity (Wildman–Crippen MR) is 136 cm³/mol. The van der Waals surface area contributed by atoms with Gasteiger partial charge in [0.1, 0.15) is 17.9 Å². The van der Waals surface area contributed by atoms with E-state index in [1.807, 2.05) is 18.2 Å². The highest BCUT2D eigenvalue weighted by atomic mass is 35.5. The highest BCUT2D eigenvalue weighted by Crippen LogP contribution is 2.29. The molecule has 4 rings (SSSR count). The van der Waals surface area contributed by atoms with Crippen LogP contribution in [0.15, 0.2) is 35.4 Å². The van der Waals surface area contributed by atoms with Crippen molar-refractivity contribution in [2.45, 2.75) is 26.6 Å². The van der Waals surface area contributed by atoms with Gasteiger partial charge in [-0.05, 0) is 37.6 Å². The van der Waals surface area contributed by atoms with Crippen LogP contribution in [0.5, 0.6) is 0 Å². The second-order valence-electron chi connectivity index (χ2n) is 8.70. The first kappa shape index (κ1) is 26.9. The number of amides is 2. The zero-order valence-electron chi connectivity index (χ0n) is 20.2. The molecule has 0 radical (unpaired) electrons. The fourth-order valence-electron chi connectivity index (χ4n) is 4.30. The number of carbonyl (C=O) groups excluding carboxylic acids is 2. The van der Waals surface area contributed by atoms with Crippen LogP contribution in [0.2, 0.25) is 5.02 Å². The molecule has 1 fully saturated rings. The second-order valence-corrected chi connectivity index (χ2v) is 10.1. The number of anilines is 1. The molecule has 0 saturated carbocycles. The van der Waals surface area contributed by atoms with Crippen molar-refractivity contribution in [3.05, 3.63) is 56.4 Å². The standard InChI is InChI=1S/C24H25ClF3N5O3S/c1-3-30(13-24(26,27)28)18(34)12-33-14-29-21-19(22(33)35)15(2)20(37-21)23(36)32-9-7-31(8-10-32)17-6-4-5-16(25)11-17/h4-6,11,14H,3,7-10,12-13H2,1-2H3. The third-order valence-corrected chi connectivity index (χ3v) is 7.68. The van der Waals surface area contributed by atoms with Gasteiger partial charge < -0.3 is 14.7 Å². The largest absolute Gasteiger partial charge is 0.406 e. The van der Waals surface area contributed by atoms with Crippen molar-refractivity contribution < 1.29 is 22.8 Å². The summed E-state index contributed by atoms with van der Waals surface area (Å²) in [6.07, 6.45) is -3.41. The predicted octanol–water partition coefficient (Wildman–Crippen LogP) is 3.79. The molecule has 0 N–H and O–H groups in total. The number of fused-ring (bicyclic) bond motifs is 1. The number of alkyl halides is 3. The van der Waals surface area contributed by atoms with E-state index >= 15 is 0 Å². The third kappa shape index (κ3) is 5.90. The quantitative estimate of drug-likeness (QED) is 0.462. The number of aromatic nitrogens is 2. The van der Waals surface area contributed by atoms with E-state index in [0.29, 0.717) is 51.4 Å². The zero-order valence-corrected chi connectivity index (χ0v) is 21.8. The van der Waals surface area contributed by atoms with E-state index in [-0.39, 0.29) is 17.8 Å². The molecule has 1 saturated heterocycles. The average molecular weight is 556 g/mol. The molecule has 8 nitrogen and oxygen atoms in total. The third-order valence-electron chi connectivity index (χ3n) is 6.26. The molecule has 198 valence electrons. The Kier molecular flexibility index (Phi) is 7.79. The average Bonchev–Trinajstić information content (AvgIpc) is 3.20. The van der Waals surface area contributed by atoms with E-state index in [9.17, 15) is 27.6 Å². The van der Waals surface area contributed by atoms with Gasteiger partial charge in [0.2, 0.25) is 5.91 Å². The molecule has 1 aromatic carbocycles. The maximum absolute atomic E-state index is 13.3. The van der Waals surface area contributed by atoms with Crippen molar-refractivity contribution in [1.29, 1.82) is 0 Å². The van der Waals surface area contributed by atoms with Gasteiger partial charge in [0.15, 0.2) is 0 Å². The number of aryl methyl sites for hydroxylation is 1. The molecule has 3 heterocycles. The summed E-state index contributed by atoms with van der Waals surface area (Å²) in [5.41, 5.74) is 0.859. The molecule has 1 aliphatic heterocycles. The van der Waals surface area contributed by atoms with Crippen molar-refractivity contribution in [1.82, 2.24) is 19.4 Å². The van der Waals surface area contributed by atoms with Gasteiger partial charge in [0, 0.05) is 43.4 Å². The fraction of sp³-hybridized carbons (Fsp3) is 0.417. The molecule has 2 aromatic heterocycles. The summed E-state index contributed by atoms with van der Waals surface area (Å²) in [4.78, 5) is 48.3. The summed E-state index contributed by atoms with van der Waals surface area (Å²) in [5, 5.41) is 0.833. The Hall–Kier alpha value is -3.12. The minimum absolute atomic E-state index is 0.149. The number of hydrogen-bond donors (Lipinski definition) is 0. The number of halogens is 4. The number of likely N-dealkylation sites (N-methyl/N-ethyl adjacent to an activating group) is 1. The summed E-state index contributed by atoms with van der Waals surface area (Å²) in [6.45, 7) is 3.17. The van der Waals surface area contributed by atoms with Crippen LogP contribution in [0, 0.1) is 6.92 Å². The van der Waals surface area contributed by atoms with Crippen LogP contribution >= 0.6 is 22.9 Å². The Bertz CT molecular complexity index is 1380. The number of hydrogen-bond acceptors (Lipinski definition) is 6. The van der Waals surface area contributed by atoms with Gasteiger partial charge >= 0.3 is 6.18 Å². The molecule has 2 amide bonds. The van der Waals surface area contributed by atoms with Gasteiger partial charge in [0.05, 0.1) is 16.6 Å². The van der Waals surface area contributed by atoms with Crippen LogP contribution in [0.4, 0.5) is 18.9 Å². The lowest BCUT2D eigenvalue weighted by molar-refractivity contribution is -0.161. The molecule has 3 aromatic rings. The highest BCUT2D eigenvalue weighted by molar-refractivity contribution is 7.20. The number of benzene rings is 1. The molecule has 0 atom stereocenters. The van der Waals surface area contributed by atoms with Gasteiger partial charge in [-0.1, -0.05) is 17.7 Å². The van der Waals surface area contributed by atoms with E-state index in [2.05, 4.69) is 9.88 Å². The fourth-order valence-corrected chi connectivity index (χ4v) is 5.59. The SMILES string of the molecule is CCN(CC(F)(F)F)C(=O)Cn1cnc2sc(C(=O)N3CCN(c4cccc(Cl)c4)CC3)c(C)c2c1=O. The number of carbonyl (C=O) groups is 2. The highest BCUT2D eigenvalue weighted by Gasteiger charge is 2.32. The minimum atomic E-state index is -4.54. The molecular formula is C24H25ClF3N5O3S. The summed E-state index contributed by atoms with van der Waals surface area (Å²) < 4.78 is 39.3. The van der Waals surface area contributed by atoms with Gasteiger partial charge in [0.25, 0.3) is 11.5 Å². The number of nitrogens with zero attached hydrogens (tertiary/aromatic N) is 5. The molecule has 0 aliphatic carbocycles. The maximum Gasteiger partial charge on any atom is 0.406 e. The molecule has 37 heavy (non-hydrogen) atoms. The summed E-state index contributed by atoms with van der Waals surface area (Å²) in [5.74, 6) is -1.06. The lowest BCUT2D eigenvalue weighted by atomic mass is 10.2. The molecule has 13 heteroatoms. The molecule has 0 unspecified atom stereocenters. The first-order valence-electron chi connectivity index (χ1n) is 11.6. The van der Waals surface area contributed by atoms with E-state index in [4.69, 9.17) is 11.6 Å². The van der Waals surface area contributed by atoms with Crippen LogP contribution in [0.3, 0.4) is 0 Å². The zero-order chi connectivity index (χ0) is 26.9. The van der Waals surface area contributed by atoms with Gasteiger partial charge in [-0.3, -0.25) is 19.0 Å². The smallest absolute Gasteiger partial charge is 0.368 e. The van der Waals surface area contributed by atoms with E-state index in [1.165, 1.54) is 6.92 Å². The monoisotopic (exact) mass is 555 g/mol. The normalized spacial score (nSPS) is 14.3. The second kappa shape index (κ2) is 10.7. The van der Waals surface area contributed by atoms with Crippen molar-refractivity contribution in [3.63, 3.8) is 0 Å². The molecular weight excluding hydrogens is 531 g/mol. The number of thiophene rings is 1. The van der Waals surface area contributed by atoms with Crippen LogP contribution in [-0.4, -0.2) is 76.6 Å². The summed E-state index contributed by atoms with van der Waals surface area (Å²) >= 11 is 7.18. The molecule has 0 bridgehead atoms. The maximum atomic E-state index is 13.3. The number of piperazine rings is 1. The lowest BCUT2D eigenvalue weighted by Crippen LogP contribution is -2.48. The molecule has 0 spiro atoms. The summed E-state index contributed by atoms with van der Waals surface area (Å²) in [7, 11) is 0. The topological polar surface area (TPSA) is 78.8 Å². The first-order chi connectivity index (χ1) is 17.5. The Morgan fingerprint density at radius 3 is 2.51 bits per heavy atom. The van der Waals surface area contributed by atoms with Gasteiger partial charge in [-0.2, -0.15) is 13.2 Å². The van der Waals surface area contributed by atoms with Crippen molar-refractivity contribution in [2.24, 2.45) is 0 Å². The van der Waals surface area contributed by atoms with Gasteiger partial charge in [-0.15, -0.1) is 11.3 Å². The van der Waals surface area contributed by atoms with Crippen molar-refractivity contribution >= 4 is 50.7 Å². The first-order valence-corrected chi connectivity index (χ1v) is 12.8. The van der Waals surface area contributed by atoms with Gasteiger partial charge in [-0.25, -0.2) is 4.98 Å². The van der Waals surface area contributed by atoms with Crippen LogP contribution in [0.1, 0.15) is 22.2 Å². The summed E-state index contributed by atoms with van der Waals surface area (Å²) in [6, 6.07) is 7.51. The van der Waals surface area contributed by atoms with Crippen LogP contribution < -0.4 is 10.5 Å². The van der Waals surface area contributed by atoms with Crippen molar-refractivity contribution in [3.8, 4) is 0 Å². The Balaban J connectivity index is 1.51. The van der Waals surface area contributed by atoms with Crippen molar-refractivity contribution in [2.75, 3.05) is 44.2 Å². The van der Waals surface area contributed by atoms with Crippen LogP contribution in [0.25, 0.3) is 10.2 Å². The van der Waals surface area contributed by atoms with Crippen LogP contribution in [-0.2, 0) is 11.3 Å². The van der Waals surface area contributed by atoms with E-state index in [0.717, 1.165) is 27.9 Å². The minimum Gasteiger partial charge on any atom is -0.368 e. The number of rotatable bonds is 6.